The van der Waals surface area contributed by atoms with Gasteiger partial charge in [-0.2, -0.15) is 0 Å². The first-order chi connectivity index (χ1) is 8.61. The summed E-state index contributed by atoms with van der Waals surface area (Å²) in [4.78, 5) is 10.4. The second-order valence-corrected chi connectivity index (χ2v) is 3.98. The highest BCUT2D eigenvalue weighted by molar-refractivity contribution is 6.18. The highest BCUT2D eigenvalue weighted by Crippen LogP contribution is 2.40. The van der Waals surface area contributed by atoms with Crippen LogP contribution in [0, 0.1) is 10.1 Å². The van der Waals surface area contributed by atoms with E-state index in [0.717, 1.165) is 0 Å². The van der Waals surface area contributed by atoms with Gasteiger partial charge in [-0.05, 0) is 0 Å². The molecule has 1 unspecified atom stereocenters. The minimum Gasteiger partial charge on any atom is -0.454 e. The van der Waals surface area contributed by atoms with E-state index in [-0.39, 0.29) is 30.6 Å². The van der Waals surface area contributed by atoms with E-state index in [1.807, 2.05) is 0 Å². The molecule has 1 aliphatic heterocycles. The zero-order chi connectivity index (χ0) is 13.1. The number of benzene rings is 1. The average molecular weight is 275 g/mol. The molecule has 2 rings (SSSR count). The number of nitro groups is 1. The van der Waals surface area contributed by atoms with Crippen LogP contribution in [0.5, 0.6) is 11.5 Å². The van der Waals surface area contributed by atoms with Crippen molar-refractivity contribution in [2.24, 2.45) is 0 Å². The maximum absolute atomic E-state index is 10.9. The Morgan fingerprint density at radius 1 is 1.50 bits per heavy atom. The molecule has 98 valence electrons. The quantitative estimate of drug-likeness (QED) is 0.478. The predicted octanol–water partition coefficient (Wildman–Crippen LogP) is 1.34. The summed E-state index contributed by atoms with van der Waals surface area (Å²) in [5.74, 6) is 0.819. The SMILES string of the molecule is O=[N+]([O-])c1cc2c(cc1NCC(O)CCl)OCO2. The predicted molar refractivity (Wildman–Crippen MR) is 64.4 cm³/mol. The monoisotopic (exact) mass is 274 g/mol. The minimum atomic E-state index is -0.781. The van der Waals surface area contributed by atoms with Crippen molar-refractivity contribution >= 4 is 23.0 Å². The third kappa shape index (κ3) is 2.57. The van der Waals surface area contributed by atoms with Gasteiger partial charge in [0.05, 0.1) is 23.0 Å². The lowest BCUT2D eigenvalue weighted by atomic mass is 10.2. The van der Waals surface area contributed by atoms with Crippen LogP contribution in [-0.4, -0.2) is 35.4 Å². The summed E-state index contributed by atoms with van der Waals surface area (Å²) in [5.41, 5.74) is 0.120. The largest absolute Gasteiger partial charge is 0.454 e. The van der Waals surface area contributed by atoms with Gasteiger partial charge in [0, 0.05) is 12.6 Å². The molecule has 0 bridgehead atoms. The molecular formula is C10H11ClN2O5. The fraction of sp³-hybridized carbons (Fsp3) is 0.400. The molecule has 1 heterocycles. The molecule has 0 saturated carbocycles. The van der Waals surface area contributed by atoms with Crippen molar-refractivity contribution in [3.63, 3.8) is 0 Å². The zero-order valence-corrected chi connectivity index (χ0v) is 10.0. The number of nitrogens with one attached hydrogen (secondary N) is 1. The van der Waals surface area contributed by atoms with Crippen LogP contribution >= 0.6 is 11.6 Å². The van der Waals surface area contributed by atoms with Gasteiger partial charge in [-0.15, -0.1) is 11.6 Å². The molecule has 0 aliphatic carbocycles. The van der Waals surface area contributed by atoms with E-state index in [0.29, 0.717) is 11.5 Å². The van der Waals surface area contributed by atoms with Gasteiger partial charge in [0.1, 0.15) is 5.69 Å². The maximum Gasteiger partial charge on any atom is 0.296 e. The number of halogens is 1. The van der Waals surface area contributed by atoms with Gasteiger partial charge in [0.25, 0.3) is 5.69 Å². The van der Waals surface area contributed by atoms with Gasteiger partial charge in [0.15, 0.2) is 11.5 Å². The first-order valence-corrected chi connectivity index (χ1v) is 5.71. The summed E-state index contributed by atoms with van der Waals surface area (Å²) >= 11 is 5.45. The summed E-state index contributed by atoms with van der Waals surface area (Å²) < 4.78 is 10.2. The van der Waals surface area contributed by atoms with Crippen LogP contribution in [-0.2, 0) is 0 Å². The molecule has 7 nitrogen and oxygen atoms in total. The van der Waals surface area contributed by atoms with Crippen LogP contribution < -0.4 is 14.8 Å². The lowest BCUT2D eigenvalue weighted by Gasteiger charge is -2.10. The maximum atomic E-state index is 10.9. The second-order valence-electron chi connectivity index (χ2n) is 3.67. The van der Waals surface area contributed by atoms with Gasteiger partial charge in [-0.25, -0.2) is 0 Å². The van der Waals surface area contributed by atoms with Gasteiger partial charge in [-0.3, -0.25) is 10.1 Å². The van der Waals surface area contributed by atoms with Crippen molar-refractivity contribution in [3.8, 4) is 11.5 Å². The van der Waals surface area contributed by atoms with Crippen LogP contribution in [0.4, 0.5) is 11.4 Å². The third-order valence-corrected chi connectivity index (χ3v) is 2.75. The van der Waals surface area contributed by atoms with E-state index in [4.69, 9.17) is 21.1 Å². The molecular weight excluding hydrogens is 264 g/mol. The summed E-state index contributed by atoms with van der Waals surface area (Å²) in [6, 6.07) is 2.76. The molecule has 0 radical (unpaired) electrons. The number of aliphatic hydroxyl groups excluding tert-OH is 1. The van der Waals surface area contributed by atoms with Crippen molar-refractivity contribution in [2.45, 2.75) is 6.10 Å². The highest BCUT2D eigenvalue weighted by atomic mass is 35.5. The van der Waals surface area contributed by atoms with Gasteiger partial charge >= 0.3 is 0 Å². The van der Waals surface area contributed by atoms with Gasteiger partial charge < -0.3 is 19.9 Å². The van der Waals surface area contributed by atoms with Gasteiger partial charge in [0.2, 0.25) is 6.79 Å². The number of nitro benzene ring substituents is 1. The molecule has 1 atom stereocenters. The Hall–Kier alpha value is -1.73. The van der Waals surface area contributed by atoms with Crippen molar-refractivity contribution < 1.29 is 19.5 Å². The van der Waals surface area contributed by atoms with Crippen molar-refractivity contribution in [3.05, 3.63) is 22.2 Å². The Balaban J connectivity index is 2.24. The van der Waals surface area contributed by atoms with Crippen molar-refractivity contribution in [2.75, 3.05) is 24.5 Å². The smallest absolute Gasteiger partial charge is 0.296 e. The Morgan fingerprint density at radius 3 is 2.78 bits per heavy atom. The molecule has 1 aromatic rings. The normalized spacial score (nSPS) is 14.3. The number of hydrogen-bond donors (Lipinski definition) is 2. The van der Waals surface area contributed by atoms with E-state index in [9.17, 15) is 15.2 Å². The lowest BCUT2D eigenvalue weighted by molar-refractivity contribution is -0.384. The summed E-state index contributed by atoms with van der Waals surface area (Å²) in [6.07, 6.45) is -0.781. The fourth-order valence-electron chi connectivity index (χ4n) is 1.51. The summed E-state index contributed by atoms with van der Waals surface area (Å²) in [5, 5.41) is 23.0. The van der Waals surface area contributed by atoms with Crippen molar-refractivity contribution in [1.29, 1.82) is 0 Å². The summed E-state index contributed by atoms with van der Waals surface area (Å²) in [7, 11) is 0. The second kappa shape index (κ2) is 5.28. The Morgan fingerprint density at radius 2 is 2.17 bits per heavy atom. The standard InChI is InChI=1S/C10H11ClN2O5/c11-3-6(14)4-12-7-1-9-10(18-5-17-9)2-8(7)13(15)16/h1-2,6,12,14H,3-5H2. The molecule has 0 amide bonds. The highest BCUT2D eigenvalue weighted by Gasteiger charge is 2.23. The Labute approximate surface area is 107 Å². The topological polar surface area (TPSA) is 93.9 Å². The molecule has 0 spiro atoms. The van der Waals surface area contributed by atoms with E-state index in [1.54, 1.807) is 0 Å². The number of nitrogens with zero attached hydrogens (tertiary/aromatic N) is 1. The molecule has 1 aliphatic rings. The molecule has 0 aromatic heterocycles. The molecule has 0 fully saturated rings. The van der Waals surface area contributed by atoms with Crippen LogP contribution in [0.25, 0.3) is 0 Å². The first kappa shape index (κ1) is 12.7. The van der Waals surface area contributed by atoms with Crippen LogP contribution in [0.3, 0.4) is 0 Å². The Kier molecular flexibility index (Phi) is 3.73. The van der Waals surface area contributed by atoms with E-state index >= 15 is 0 Å². The van der Waals surface area contributed by atoms with Gasteiger partial charge in [-0.1, -0.05) is 0 Å². The number of aliphatic hydroxyl groups is 1. The van der Waals surface area contributed by atoms with Crippen LogP contribution in [0.2, 0.25) is 0 Å². The molecule has 2 N–H and O–H groups in total. The Bertz CT molecular complexity index is 468. The number of hydrogen-bond acceptors (Lipinski definition) is 6. The fourth-order valence-corrected chi connectivity index (χ4v) is 1.62. The van der Waals surface area contributed by atoms with Crippen LogP contribution in [0.1, 0.15) is 0 Å². The molecule has 0 saturated heterocycles. The minimum absolute atomic E-state index is 0.0419. The molecule has 1 aromatic carbocycles. The van der Waals surface area contributed by atoms with Crippen LogP contribution in [0.15, 0.2) is 12.1 Å². The third-order valence-electron chi connectivity index (χ3n) is 2.39. The lowest BCUT2D eigenvalue weighted by Crippen LogP contribution is -2.21. The van der Waals surface area contributed by atoms with E-state index in [1.165, 1.54) is 12.1 Å². The molecule has 8 heteroatoms. The number of alkyl halides is 1. The number of rotatable bonds is 5. The molecule has 18 heavy (non-hydrogen) atoms. The number of anilines is 1. The zero-order valence-electron chi connectivity index (χ0n) is 9.26. The van der Waals surface area contributed by atoms with E-state index < -0.39 is 11.0 Å². The number of fused-ring (bicyclic) bond motifs is 1. The average Bonchev–Trinajstić information content (AvgIpc) is 2.81. The van der Waals surface area contributed by atoms with Crippen molar-refractivity contribution in [1.82, 2.24) is 0 Å². The summed E-state index contributed by atoms with van der Waals surface area (Å²) in [6.45, 7) is 0.157. The number of ether oxygens (including phenoxy) is 2. The van der Waals surface area contributed by atoms with E-state index in [2.05, 4.69) is 5.32 Å². The first-order valence-electron chi connectivity index (χ1n) is 5.17.